The van der Waals surface area contributed by atoms with Gasteiger partial charge in [-0.2, -0.15) is 0 Å². The molecular weight excluding hydrogens is 222 g/mol. The van der Waals surface area contributed by atoms with Crippen molar-refractivity contribution < 1.29 is 0 Å². The Kier molecular flexibility index (Phi) is 2.92. The van der Waals surface area contributed by atoms with Gasteiger partial charge in [-0.3, -0.25) is 0 Å². The highest BCUT2D eigenvalue weighted by Crippen LogP contribution is 2.23. The molecule has 78 valence electrons. The van der Waals surface area contributed by atoms with E-state index in [9.17, 15) is 0 Å². The Morgan fingerprint density at radius 3 is 3.25 bits per heavy atom. The zero-order valence-electron chi connectivity index (χ0n) is 8.21. The summed E-state index contributed by atoms with van der Waals surface area (Å²) in [6.07, 6.45) is 0. The number of nitrogens with zero attached hydrogens (tertiary/aromatic N) is 4. The molecule has 0 fully saturated rings. The fraction of sp³-hybridized carbons (Fsp3) is 0.100. The first-order chi connectivity index (χ1) is 7.79. The Morgan fingerprint density at radius 2 is 2.44 bits per heavy atom. The smallest absolute Gasteiger partial charge is 0.181 e. The predicted molar refractivity (Wildman–Crippen MR) is 64.9 cm³/mol. The molecule has 0 atom stereocenters. The molecule has 5 nitrogen and oxygen atoms in total. The first-order valence-electron chi connectivity index (χ1n) is 4.45. The van der Waals surface area contributed by atoms with Gasteiger partial charge in [0.25, 0.3) is 0 Å². The van der Waals surface area contributed by atoms with Crippen molar-refractivity contribution in [2.45, 2.75) is 0 Å². The largest absolute Gasteiger partial charge is 0.375 e. The van der Waals surface area contributed by atoms with Gasteiger partial charge in [0.05, 0.1) is 16.8 Å². The molecule has 2 rings (SSSR count). The van der Waals surface area contributed by atoms with E-state index in [1.807, 2.05) is 18.2 Å². The Morgan fingerprint density at radius 1 is 1.56 bits per heavy atom. The van der Waals surface area contributed by atoms with Gasteiger partial charge >= 0.3 is 0 Å². The standard InChI is InChI=1S/C10H7N5S/c11-10-14-8-6-7(2-1-5-13-15-12)3-4-9(8)16-10/h3-4,6H,5H2,(H2,11,14). The van der Waals surface area contributed by atoms with E-state index in [4.69, 9.17) is 11.3 Å². The van der Waals surface area contributed by atoms with E-state index in [2.05, 4.69) is 26.9 Å². The number of hydrogen-bond donors (Lipinski definition) is 1. The van der Waals surface area contributed by atoms with Crippen LogP contribution in [0.4, 0.5) is 5.13 Å². The van der Waals surface area contributed by atoms with Crippen LogP contribution >= 0.6 is 11.3 Å². The summed E-state index contributed by atoms with van der Waals surface area (Å²) < 4.78 is 1.04. The summed E-state index contributed by atoms with van der Waals surface area (Å²) in [4.78, 5) is 6.78. The van der Waals surface area contributed by atoms with E-state index in [0.717, 1.165) is 15.8 Å². The van der Waals surface area contributed by atoms with Crippen LogP contribution < -0.4 is 5.73 Å². The van der Waals surface area contributed by atoms with Crippen molar-refractivity contribution in [3.05, 3.63) is 34.2 Å². The molecule has 6 heteroatoms. The molecule has 0 saturated carbocycles. The summed E-state index contributed by atoms with van der Waals surface area (Å²) in [6.45, 7) is 0.174. The first-order valence-corrected chi connectivity index (χ1v) is 5.27. The Balaban J connectivity index is 2.30. The average Bonchev–Trinajstić information content (AvgIpc) is 2.64. The fourth-order valence-electron chi connectivity index (χ4n) is 1.23. The molecule has 0 radical (unpaired) electrons. The van der Waals surface area contributed by atoms with Crippen LogP contribution in [-0.2, 0) is 0 Å². The van der Waals surface area contributed by atoms with Crippen molar-refractivity contribution in [1.82, 2.24) is 4.98 Å². The van der Waals surface area contributed by atoms with Gasteiger partial charge in [0.15, 0.2) is 5.13 Å². The monoisotopic (exact) mass is 229 g/mol. The van der Waals surface area contributed by atoms with E-state index < -0.39 is 0 Å². The number of rotatable bonds is 1. The number of fused-ring (bicyclic) bond motifs is 1. The SMILES string of the molecule is [N-]=[N+]=NCC#Cc1ccc2sc(N)nc2c1. The van der Waals surface area contributed by atoms with Gasteiger partial charge in [0, 0.05) is 10.5 Å². The Bertz CT molecular complexity index is 627. The van der Waals surface area contributed by atoms with Gasteiger partial charge in [-0.25, -0.2) is 4.98 Å². The third-order valence-corrected chi connectivity index (χ3v) is 2.72. The summed E-state index contributed by atoms with van der Waals surface area (Å²) >= 11 is 1.44. The second-order valence-electron chi connectivity index (χ2n) is 2.93. The van der Waals surface area contributed by atoms with Crippen LogP contribution in [0.15, 0.2) is 23.3 Å². The van der Waals surface area contributed by atoms with E-state index >= 15 is 0 Å². The van der Waals surface area contributed by atoms with E-state index in [1.54, 1.807) is 0 Å². The van der Waals surface area contributed by atoms with Gasteiger partial charge in [-0.1, -0.05) is 28.3 Å². The average molecular weight is 229 g/mol. The second-order valence-corrected chi connectivity index (χ2v) is 3.99. The molecule has 2 N–H and O–H groups in total. The molecule has 2 aromatic rings. The van der Waals surface area contributed by atoms with Crippen LogP contribution in [0.1, 0.15) is 5.56 Å². The number of thiazole rings is 1. The molecule has 0 amide bonds. The van der Waals surface area contributed by atoms with Crippen molar-refractivity contribution in [1.29, 1.82) is 0 Å². The number of nitrogens with two attached hydrogens (primary N) is 1. The van der Waals surface area contributed by atoms with Gasteiger partial charge < -0.3 is 5.73 Å². The third kappa shape index (κ3) is 2.23. The summed E-state index contributed by atoms with van der Waals surface area (Å²) in [5, 5.41) is 3.88. The summed E-state index contributed by atoms with van der Waals surface area (Å²) in [5.74, 6) is 5.64. The summed E-state index contributed by atoms with van der Waals surface area (Å²) in [7, 11) is 0. The molecule has 0 aliphatic rings. The highest BCUT2D eigenvalue weighted by molar-refractivity contribution is 7.22. The number of benzene rings is 1. The van der Waals surface area contributed by atoms with Crippen LogP contribution in [0.5, 0.6) is 0 Å². The highest BCUT2D eigenvalue weighted by Gasteiger charge is 2.00. The number of anilines is 1. The molecule has 1 aromatic heterocycles. The Hall–Kier alpha value is -2.22. The summed E-state index contributed by atoms with van der Waals surface area (Å²) in [5.41, 5.74) is 15.4. The fourth-order valence-corrected chi connectivity index (χ4v) is 1.95. The first kappa shape index (κ1) is 10.3. The minimum atomic E-state index is 0.174. The minimum absolute atomic E-state index is 0.174. The molecule has 0 unspecified atom stereocenters. The summed E-state index contributed by atoms with van der Waals surface area (Å²) in [6, 6.07) is 5.69. The molecule has 0 aliphatic heterocycles. The zero-order chi connectivity index (χ0) is 11.4. The lowest BCUT2D eigenvalue weighted by molar-refractivity contribution is 1.25. The van der Waals surface area contributed by atoms with Crippen molar-refractivity contribution >= 4 is 26.7 Å². The predicted octanol–water partition coefficient (Wildman–Crippen LogP) is 2.54. The third-order valence-electron chi connectivity index (χ3n) is 1.85. The molecule has 16 heavy (non-hydrogen) atoms. The van der Waals surface area contributed by atoms with Crippen molar-refractivity contribution in [2.75, 3.05) is 12.3 Å². The van der Waals surface area contributed by atoms with E-state index in [-0.39, 0.29) is 6.54 Å². The second kappa shape index (κ2) is 4.53. The van der Waals surface area contributed by atoms with Gasteiger partial charge in [0.2, 0.25) is 0 Å². The molecule has 0 spiro atoms. The van der Waals surface area contributed by atoms with Gasteiger partial charge in [-0.15, -0.1) is 0 Å². The molecule has 1 heterocycles. The van der Waals surface area contributed by atoms with Crippen LogP contribution in [-0.4, -0.2) is 11.5 Å². The zero-order valence-corrected chi connectivity index (χ0v) is 9.03. The van der Waals surface area contributed by atoms with Crippen molar-refractivity contribution in [2.24, 2.45) is 5.11 Å². The van der Waals surface area contributed by atoms with Crippen molar-refractivity contribution in [3.8, 4) is 11.8 Å². The minimum Gasteiger partial charge on any atom is -0.375 e. The number of nitrogen functional groups attached to an aromatic ring is 1. The molecule has 1 aromatic carbocycles. The van der Waals surface area contributed by atoms with Crippen LogP contribution in [0.25, 0.3) is 20.7 Å². The topological polar surface area (TPSA) is 87.7 Å². The normalized spacial score (nSPS) is 9.25. The molecule has 0 saturated heterocycles. The highest BCUT2D eigenvalue weighted by atomic mass is 32.1. The van der Waals surface area contributed by atoms with Crippen molar-refractivity contribution in [3.63, 3.8) is 0 Å². The number of hydrogen-bond acceptors (Lipinski definition) is 4. The maximum atomic E-state index is 8.08. The van der Waals surface area contributed by atoms with Crippen LogP contribution in [0, 0.1) is 11.8 Å². The lowest BCUT2D eigenvalue weighted by Crippen LogP contribution is -1.80. The quantitative estimate of drug-likeness (QED) is 0.352. The maximum Gasteiger partial charge on any atom is 0.181 e. The van der Waals surface area contributed by atoms with Crippen LogP contribution in [0.2, 0.25) is 0 Å². The lowest BCUT2D eigenvalue weighted by atomic mass is 10.2. The van der Waals surface area contributed by atoms with Gasteiger partial charge in [0.1, 0.15) is 0 Å². The van der Waals surface area contributed by atoms with E-state index in [0.29, 0.717) is 5.13 Å². The molecular formula is C10H7N5S. The maximum absolute atomic E-state index is 8.08. The van der Waals surface area contributed by atoms with Crippen LogP contribution in [0.3, 0.4) is 0 Å². The number of azide groups is 1. The van der Waals surface area contributed by atoms with E-state index in [1.165, 1.54) is 11.3 Å². The number of aromatic nitrogens is 1. The molecule has 0 bridgehead atoms. The lowest BCUT2D eigenvalue weighted by Gasteiger charge is -1.89. The molecule has 0 aliphatic carbocycles. The van der Waals surface area contributed by atoms with Gasteiger partial charge in [-0.05, 0) is 23.7 Å². The Labute approximate surface area is 95.5 Å².